The summed E-state index contributed by atoms with van der Waals surface area (Å²) in [6.07, 6.45) is 1.55. The fourth-order valence-electron chi connectivity index (χ4n) is 1.73. The van der Waals surface area contributed by atoms with Gasteiger partial charge in [-0.15, -0.1) is 0 Å². The van der Waals surface area contributed by atoms with Gasteiger partial charge >= 0.3 is 5.97 Å². The van der Waals surface area contributed by atoms with Crippen LogP contribution in [-0.2, 0) is 11.3 Å². The molecule has 2 rings (SSSR count). The lowest BCUT2D eigenvalue weighted by atomic mass is 10.1. The van der Waals surface area contributed by atoms with E-state index in [1.165, 1.54) is 7.11 Å². The molecule has 0 saturated carbocycles. The zero-order valence-corrected chi connectivity index (χ0v) is 11.8. The van der Waals surface area contributed by atoms with E-state index in [2.05, 4.69) is 20.9 Å². The second kappa shape index (κ2) is 5.95. The molecule has 1 N–H and O–H groups in total. The first kappa shape index (κ1) is 13.7. The monoisotopic (exact) mass is 321 g/mol. The van der Waals surface area contributed by atoms with Crippen LogP contribution in [0.25, 0.3) is 11.3 Å². The predicted molar refractivity (Wildman–Crippen MR) is 74.6 cm³/mol. The maximum absolute atomic E-state index is 11.6. The number of esters is 1. The molecule has 0 aliphatic carbocycles. The van der Waals surface area contributed by atoms with Gasteiger partial charge in [0.2, 0.25) is 0 Å². The van der Waals surface area contributed by atoms with Gasteiger partial charge in [-0.1, -0.05) is 18.2 Å². The SMILES string of the molecule is COC(=O)c1ccnc(-c2cccc(CO)c2)c1Br. The molecule has 5 heteroatoms. The van der Waals surface area contributed by atoms with E-state index < -0.39 is 5.97 Å². The summed E-state index contributed by atoms with van der Waals surface area (Å²) >= 11 is 3.38. The topological polar surface area (TPSA) is 59.4 Å². The maximum Gasteiger partial charge on any atom is 0.339 e. The van der Waals surface area contributed by atoms with E-state index in [-0.39, 0.29) is 6.61 Å². The second-order valence-electron chi connectivity index (χ2n) is 3.87. The minimum Gasteiger partial charge on any atom is -0.465 e. The Morgan fingerprint density at radius 2 is 2.21 bits per heavy atom. The Morgan fingerprint density at radius 1 is 1.42 bits per heavy atom. The van der Waals surface area contributed by atoms with Crippen molar-refractivity contribution in [3.05, 3.63) is 52.1 Å². The number of aromatic nitrogens is 1. The van der Waals surface area contributed by atoms with Crippen LogP contribution < -0.4 is 0 Å². The van der Waals surface area contributed by atoms with Crippen LogP contribution in [0.15, 0.2) is 41.0 Å². The number of carbonyl (C=O) groups excluding carboxylic acids is 1. The van der Waals surface area contributed by atoms with E-state index >= 15 is 0 Å². The van der Waals surface area contributed by atoms with Gasteiger partial charge in [-0.05, 0) is 33.6 Å². The summed E-state index contributed by atoms with van der Waals surface area (Å²) in [4.78, 5) is 15.9. The van der Waals surface area contributed by atoms with Crippen LogP contribution in [-0.4, -0.2) is 23.2 Å². The quantitative estimate of drug-likeness (QED) is 0.883. The first-order valence-electron chi connectivity index (χ1n) is 5.60. The van der Waals surface area contributed by atoms with Gasteiger partial charge in [0.05, 0.1) is 29.4 Å². The van der Waals surface area contributed by atoms with E-state index in [1.807, 2.05) is 24.3 Å². The molecule has 0 radical (unpaired) electrons. The van der Waals surface area contributed by atoms with Crippen molar-refractivity contribution < 1.29 is 14.6 Å². The zero-order valence-electron chi connectivity index (χ0n) is 10.3. The van der Waals surface area contributed by atoms with Gasteiger partial charge in [0.1, 0.15) is 0 Å². The number of hydrogen-bond acceptors (Lipinski definition) is 4. The van der Waals surface area contributed by atoms with Crippen LogP contribution >= 0.6 is 15.9 Å². The largest absolute Gasteiger partial charge is 0.465 e. The number of ether oxygens (including phenoxy) is 1. The number of nitrogens with zero attached hydrogens (tertiary/aromatic N) is 1. The predicted octanol–water partition coefficient (Wildman–Crippen LogP) is 2.79. The molecule has 1 aromatic heterocycles. The highest BCUT2D eigenvalue weighted by atomic mass is 79.9. The number of pyridine rings is 1. The van der Waals surface area contributed by atoms with Crippen LogP contribution in [0.1, 0.15) is 15.9 Å². The lowest BCUT2D eigenvalue weighted by Gasteiger charge is -2.08. The first-order valence-corrected chi connectivity index (χ1v) is 6.39. The molecule has 0 amide bonds. The smallest absolute Gasteiger partial charge is 0.339 e. The van der Waals surface area contributed by atoms with Crippen LogP contribution in [0.2, 0.25) is 0 Å². The van der Waals surface area contributed by atoms with Gasteiger partial charge in [0.15, 0.2) is 0 Å². The number of benzene rings is 1. The van der Waals surface area contributed by atoms with Gasteiger partial charge < -0.3 is 9.84 Å². The maximum atomic E-state index is 11.6. The van der Waals surface area contributed by atoms with E-state index in [9.17, 15) is 4.79 Å². The molecule has 0 bridgehead atoms. The van der Waals surface area contributed by atoms with Gasteiger partial charge in [-0.25, -0.2) is 4.79 Å². The van der Waals surface area contributed by atoms with Crippen molar-refractivity contribution in [2.24, 2.45) is 0 Å². The number of rotatable bonds is 3. The lowest BCUT2D eigenvalue weighted by molar-refractivity contribution is 0.0599. The Bertz CT molecular complexity index is 613. The number of hydrogen-bond donors (Lipinski definition) is 1. The average Bonchev–Trinajstić information content (AvgIpc) is 2.46. The van der Waals surface area contributed by atoms with E-state index in [1.54, 1.807) is 12.3 Å². The Labute approximate surface area is 119 Å². The molecule has 0 aliphatic heterocycles. The molecule has 98 valence electrons. The van der Waals surface area contributed by atoms with Crippen molar-refractivity contribution >= 4 is 21.9 Å². The Morgan fingerprint density at radius 3 is 2.89 bits per heavy atom. The summed E-state index contributed by atoms with van der Waals surface area (Å²) < 4.78 is 5.30. The van der Waals surface area contributed by atoms with Crippen molar-refractivity contribution in [2.75, 3.05) is 7.11 Å². The Kier molecular flexibility index (Phi) is 4.29. The summed E-state index contributed by atoms with van der Waals surface area (Å²) in [5, 5.41) is 9.15. The molecule has 0 unspecified atom stereocenters. The standard InChI is InChI=1S/C14H12BrNO3/c1-19-14(18)11-5-6-16-13(12(11)15)10-4-2-3-9(7-10)8-17/h2-7,17H,8H2,1H3. The molecule has 4 nitrogen and oxygen atoms in total. The molecule has 0 aliphatic rings. The molecule has 2 aromatic rings. The summed E-state index contributed by atoms with van der Waals surface area (Å²) in [5.41, 5.74) is 2.67. The third-order valence-corrected chi connectivity index (χ3v) is 3.48. The second-order valence-corrected chi connectivity index (χ2v) is 4.66. The van der Waals surface area contributed by atoms with Crippen LogP contribution in [0.4, 0.5) is 0 Å². The van der Waals surface area contributed by atoms with Crippen molar-refractivity contribution in [3.8, 4) is 11.3 Å². The molecule has 0 fully saturated rings. The molecule has 0 atom stereocenters. The lowest BCUT2D eigenvalue weighted by Crippen LogP contribution is -2.03. The summed E-state index contributed by atoms with van der Waals surface area (Å²) in [6, 6.07) is 8.94. The first-order chi connectivity index (χ1) is 9.17. The summed E-state index contributed by atoms with van der Waals surface area (Å²) in [5.74, 6) is -0.422. The van der Waals surface area contributed by atoms with Crippen molar-refractivity contribution in [2.45, 2.75) is 6.61 Å². The molecule has 19 heavy (non-hydrogen) atoms. The van der Waals surface area contributed by atoms with Crippen LogP contribution in [0.5, 0.6) is 0 Å². The highest BCUT2D eigenvalue weighted by molar-refractivity contribution is 9.10. The molecule has 0 spiro atoms. The fraction of sp³-hybridized carbons (Fsp3) is 0.143. The van der Waals surface area contributed by atoms with Gasteiger partial charge in [-0.3, -0.25) is 4.98 Å². The molecule has 1 heterocycles. The van der Waals surface area contributed by atoms with E-state index in [0.29, 0.717) is 15.7 Å². The van der Waals surface area contributed by atoms with E-state index in [4.69, 9.17) is 9.84 Å². The Balaban J connectivity index is 2.53. The minimum absolute atomic E-state index is 0.0395. The molecular weight excluding hydrogens is 310 g/mol. The Hall–Kier alpha value is -1.72. The van der Waals surface area contributed by atoms with Gasteiger partial charge in [0, 0.05) is 11.8 Å². The zero-order chi connectivity index (χ0) is 13.8. The van der Waals surface area contributed by atoms with Crippen molar-refractivity contribution in [1.29, 1.82) is 0 Å². The highest BCUT2D eigenvalue weighted by Gasteiger charge is 2.15. The summed E-state index contributed by atoms with van der Waals surface area (Å²) in [7, 11) is 1.33. The number of methoxy groups -OCH3 is 1. The van der Waals surface area contributed by atoms with E-state index in [0.717, 1.165) is 11.1 Å². The minimum atomic E-state index is -0.422. The third-order valence-electron chi connectivity index (χ3n) is 2.68. The van der Waals surface area contributed by atoms with Crippen molar-refractivity contribution in [1.82, 2.24) is 4.98 Å². The highest BCUT2D eigenvalue weighted by Crippen LogP contribution is 2.29. The van der Waals surface area contributed by atoms with Crippen molar-refractivity contribution in [3.63, 3.8) is 0 Å². The number of aliphatic hydroxyl groups excluding tert-OH is 1. The average molecular weight is 322 g/mol. The van der Waals surface area contributed by atoms with Crippen LogP contribution in [0.3, 0.4) is 0 Å². The molecule has 1 aromatic carbocycles. The number of carbonyl (C=O) groups is 1. The summed E-state index contributed by atoms with van der Waals surface area (Å²) in [6.45, 7) is -0.0395. The van der Waals surface area contributed by atoms with Gasteiger partial charge in [-0.2, -0.15) is 0 Å². The fourth-order valence-corrected chi connectivity index (χ4v) is 2.35. The third kappa shape index (κ3) is 2.83. The van der Waals surface area contributed by atoms with Crippen LogP contribution in [0, 0.1) is 0 Å². The number of aliphatic hydroxyl groups is 1. The molecular formula is C14H12BrNO3. The number of halogens is 1. The van der Waals surface area contributed by atoms with Gasteiger partial charge in [0.25, 0.3) is 0 Å². The normalized spacial score (nSPS) is 10.3. The molecule has 0 saturated heterocycles.